The maximum Gasteiger partial charge on any atom is 0.323 e. The molecule has 3 N–H and O–H groups in total. The summed E-state index contributed by atoms with van der Waals surface area (Å²) in [5.41, 5.74) is 7.92. The summed E-state index contributed by atoms with van der Waals surface area (Å²) in [6, 6.07) is 7.22. The van der Waals surface area contributed by atoms with E-state index >= 15 is 0 Å². The third-order valence-electron chi connectivity index (χ3n) is 2.22. The number of hydrogen-bond acceptors (Lipinski definition) is 3. The van der Waals surface area contributed by atoms with Gasteiger partial charge >= 0.3 is 5.97 Å². The summed E-state index contributed by atoms with van der Waals surface area (Å²) in [5.74, 6) is -0.894. The van der Waals surface area contributed by atoms with E-state index in [2.05, 4.69) is 4.98 Å². The fourth-order valence-electron chi connectivity index (χ4n) is 1.49. The molecule has 0 bridgehead atoms. The van der Waals surface area contributed by atoms with E-state index in [9.17, 15) is 4.79 Å². The minimum Gasteiger partial charge on any atom is -0.480 e. The first-order chi connectivity index (χ1) is 7.66. The molecule has 2 rings (SSSR count). The van der Waals surface area contributed by atoms with E-state index in [-0.39, 0.29) is 6.54 Å². The molecule has 5 heteroatoms. The van der Waals surface area contributed by atoms with Crippen molar-refractivity contribution < 1.29 is 9.90 Å². The summed E-state index contributed by atoms with van der Waals surface area (Å²) < 4.78 is 1.58. The molecule has 1 aromatic carbocycles. The fraction of sp³-hybridized carbons (Fsp3) is 0.0909. The molecule has 0 atom stereocenters. The molecule has 0 aliphatic rings. The van der Waals surface area contributed by atoms with E-state index in [0.717, 1.165) is 11.3 Å². The highest BCUT2D eigenvalue weighted by atomic mass is 16.4. The van der Waals surface area contributed by atoms with Crippen LogP contribution < -0.4 is 5.73 Å². The number of carbonyl (C=O) groups is 1. The highest BCUT2D eigenvalue weighted by Crippen LogP contribution is 2.19. The third-order valence-corrected chi connectivity index (χ3v) is 2.22. The predicted molar refractivity (Wildman–Crippen MR) is 59.7 cm³/mol. The Morgan fingerprint density at radius 1 is 1.38 bits per heavy atom. The van der Waals surface area contributed by atoms with Crippen LogP contribution in [0.2, 0.25) is 0 Å². The zero-order chi connectivity index (χ0) is 11.5. The normalized spacial score (nSPS) is 10.2. The highest BCUT2D eigenvalue weighted by Gasteiger charge is 2.07. The summed E-state index contributed by atoms with van der Waals surface area (Å²) >= 11 is 0. The minimum atomic E-state index is -0.894. The van der Waals surface area contributed by atoms with E-state index in [1.807, 2.05) is 12.1 Å². The summed E-state index contributed by atoms with van der Waals surface area (Å²) in [6.45, 7) is -0.0975. The molecule has 5 nitrogen and oxygen atoms in total. The topological polar surface area (TPSA) is 81.1 Å². The zero-order valence-electron chi connectivity index (χ0n) is 8.50. The van der Waals surface area contributed by atoms with Gasteiger partial charge in [0.2, 0.25) is 0 Å². The summed E-state index contributed by atoms with van der Waals surface area (Å²) in [5, 5.41) is 8.73. The van der Waals surface area contributed by atoms with Crippen LogP contribution in [0.1, 0.15) is 0 Å². The number of hydrogen-bond donors (Lipinski definition) is 2. The van der Waals surface area contributed by atoms with Crippen LogP contribution >= 0.6 is 0 Å². The van der Waals surface area contributed by atoms with Crippen molar-refractivity contribution >= 4 is 11.7 Å². The number of nitrogens with zero attached hydrogens (tertiary/aromatic N) is 2. The van der Waals surface area contributed by atoms with E-state index in [4.69, 9.17) is 10.8 Å². The minimum absolute atomic E-state index is 0.0975. The summed E-state index contributed by atoms with van der Waals surface area (Å²) in [7, 11) is 0. The van der Waals surface area contributed by atoms with Crippen LogP contribution in [0.25, 0.3) is 11.3 Å². The van der Waals surface area contributed by atoms with Gasteiger partial charge in [-0.15, -0.1) is 0 Å². The monoisotopic (exact) mass is 217 g/mol. The second-order valence-electron chi connectivity index (χ2n) is 3.42. The molecular weight excluding hydrogens is 206 g/mol. The smallest absolute Gasteiger partial charge is 0.323 e. The standard InChI is InChI=1S/C11H11N3O2/c12-9-3-1-8(2-4-9)10-5-13-7-14(10)6-11(15)16/h1-5,7H,6,12H2,(H,15,16). The van der Waals surface area contributed by atoms with Gasteiger partial charge < -0.3 is 15.4 Å². The largest absolute Gasteiger partial charge is 0.480 e. The fourth-order valence-corrected chi connectivity index (χ4v) is 1.49. The molecule has 0 unspecified atom stereocenters. The SMILES string of the molecule is Nc1ccc(-c2cncn2CC(=O)O)cc1. The molecule has 82 valence electrons. The molecule has 0 aliphatic carbocycles. The molecule has 0 radical (unpaired) electrons. The van der Waals surface area contributed by atoms with Gasteiger partial charge in [0.25, 0.3) is 0 Å². The Labute approximate surface area is 92.2 Å². The average molecular weight is 217 g/mol. The lowest BCUT2D eigenvalue weighted by Gasteiger charge is -2.05. The Morgan fingerprint density at radius 2 is 2.06 bits per heavy atom. The number of aliphatic carboxylic acids is 1. The number of anilines is 1. The summed E-state index contributed by atoms with van der Waals surface area (Å²) in [6.07, 6.45) is 3.13. The van der Waals surface area contributed by atoms with Crippen LogP contribution in [-0.2, 0) is 11.3 Å². The van der Waals surface area contributed by atoms with E-state index in [1.54, 1.807) is 22.9 Å². The van der Waals surface area contributed by atoms with Gasteiger partial charge in [0.05, 0.1) is 18.2 Å². The van der Waals surface area contributed by atoms with Gasteiger partial charge in [-0.25, -0.2) is 4.98 Å². The predicted octanol–water partition coefficient (Wildman–Crippen LogP) is 1.22. The van der Waals surface area contributed by atoms with Crippen molar-refractivity contribution in [3.8, 4) is 11.3 Å². The van der Waals surface area contributed by atoms with E-state index in [1.165, 1.54) is 6.33 Å². The Morgan fingerprint density at radius 3 is 2.69 bits per heavy atom. The Hall–Kier alpha value is -2.30. The lowest BCUT2D eigenvalue weighted by Crippen LogP contribution is -2.08. The van der Waals surface area contributed by atoms with Crippen molar-refractivity contribution in [3.05, 3.63) is 36.8 Å². The van der Waals surface area contributed by atoms with Crippen molar-refractivity contribution in [1.82, 2.24) is 9.55 Å². The van der Waals surface area contributed by atoms with Gasteiger partial charge in [0.15, 0.2) is 0 Å². The number of imidazole rings is 1. The molecule has 1 aromatic heterocycles. The molecule has 0 saturated carbocycles. The molecule has 0 aliphatic heterocycles. The van der Waals surface area contributed by atoms with Crippen LogP contribution in [0.3, 0.4) is 0 Å². The lowest BCUT2D eigenvalue weighted by atomic mass is 10.1. The number of rotatable bonds is 3. The third kappa shape index (κ3) is 2.03. The molecule has 0 amide bonds. The number of nitrogen functional groups attached to an aromatic ring is 1. The van der Waals surface area contributed by atoms with Gasteiger partial charge in [-0.05, 0) is 17.7 Å². The van der Waals surface area contributed by atoms with Crippen molar-refractivity contribution in [2.45, 2.75) is 6.54 Å². The van der Waals surface area contributed by atoms with Crippen LogP contribution in [0.5, 0.6) is 0 Å². The van der Waals surface area contributed by atoms with Gasteiger partial charge in [-0.3, -0.25) is 4.79 Å². The molecule has 16 heavy (non-hydrogen) atoms. The first-order valence-corrected chi connectivity index (χ1v) is 4.74. The Balaban J connectivity index is 2.36. The first-order valence-electron chi connectivity index (χ1n) is 4.74. The second kappa shape index (κ2) is 4.06. The molecule has 0 fully saturated rings. The Kier molecular flexibility index (Phi) is 2.59. The maximum absolute atomic E-state index is 10.6. The highest BCUT2D eigenvalue weighted by molar-refractivity contribution is 5.69. The van der Waals surface area contributed by atoms with Gasteiger partial charge in [-0.2, -0.15) is 0 Å². The van der Waals surface area contributed by atoms with Gasteiger partial charge in [0, 0.05) is 5.69 Å². The van der Waals surface area contributed by atoms with Crippen molar-refractivity contribution in [1.29, 1.82) is 0 Å². The number of carboxylic acids is 1. The van der Waals surface area contributed by atoms with Crippen LogP contribution in [0, 0.1) is 0 Å². The van der Waals surface area contributed by atoms with Crippen molar-refractivity contribution in [2.24, 2.45) is 0 Å². The maximum atomic E-state index is 10.6. The molecule has 0 saturated heterocycles. The molecule has 2 aromatic rings. The van der Waals surface area contributed by atoms with E-state index < -0.39 is 5.97 Å². The van der Waals surface area contributed by atoms with Crippen LogP contribution in [0.4, 0.5) is 5.69 Å². The lowest BCUT2D eigenvalue weighted by molar-refractivity contribution is -0.137. The number of benzene rings is 1. The number of carboxylic acid groups (broad SMARTS) is 1. The number of aromatic nitrogens is 2. The molecule has 0 spiro atoms. The molecular formula is C11H11N3O2. The first kappa shape index (κ1) is 10.2. The molecule has 1 heterocycles. The number of nitrogens with two attached hydrogens (primary N) is 1. The van der Waals surface area contributed by atoms with Crippen molar-refractivity contribution in [2.75, 3.05) is 5.73 Å². The van der Waals surface area contributed by atoms with Gasteiger partial charge in [0.1, 0.15) is 6.54 Å². The van der Waals surface area contributed by atoms with Crippen LogP contribution in [0.15, 0.2) is 36.8 Å². The average Bonchev–Trinajstić information content (AvgIpc) is 2.66. The Bertz CT molecular complexity index is 502. The quantitative estimate of drug-likeness (QED) is 0.757. The van der Waals surface area contributed by atoms with Crippen LogP contribution in [-0.4, -0.2) is 20.6 Å². The second-order valence-corrected chi connectivity index (χ2v) is 3.42. The van der Waals surface area contributed by atoms with E-state index in [0.29, 0.717) is 5.69 Å². The van der Waals surface area contributed by atoms with Crippen molar-refractivity contribution in [3.63, 3.8) is 0 Å². The summed E-state index contributed by atoms with van der Waals surface area (Å²) in [4.78, 5) is 14.6. The zero-order valence-corrected chi connectivity index (χ0v) is 8.50. The van der Waals surface area contributed by atoms with Gasteiger partial charge in [-0.1, -0.05) is 12.1 Å².